The van der Waals surface area contributed by atoms with E-state index in [0.29, 0.717) is 49.7 Å². The number of aromatic hydroxyl groups is 1. The van der Waals surface area contributed by atoms with Gasteiger partial charge in [-0.05, 0) is 87.6 Å². The molecule has 3 saturated heterocycles. The standard InChI is InChI=1S/C35H44FN5O5/c1-21-7-4-8-24-16-25(43)17-26(27(21)24)30-29(36)31-28(33(37-30)44-3)32(40-10-6-13-45-14-12-40)39-34(38-31)46-20-35-9-5-11-41(35)19-23(18-35)15-22(2)42/h15-17,21-22,42-43H,4-14,18-20H2,1-3H3/b23-15-. The summed E-state index contributed by atoms with van der Waals surface area (Å²) in [7, 11) is 1.52. The van der Waals surface area contributed by atoms with Gasteiger partial charge >= 0.3 is 6.01 Å². The van der Waals surface area contributed by atoms with Gasteiger partial charge in [0, 0.05) is 31.8 Å². The zero-order chi connectivity index (χ0) is 32.0. The maximum atomic E-state index is 17.0. The number of phenols is 1. The van der Waals surface area contributed by atoms with Crippen LogP contribution in [0.1, 0.15) is 69.4 Å². The molecular weight excluding hydrogens is 589 g/mol. The number of anilines is 1. The molecule has 0 amide bonds. The summed E-state index contributed by atoms with van der Waals surface area (Å²) in [5.74, 6) is 0.411. The van der Waals surface area contributed by atoms with Gasteiger partial charge in [0.1, 0.15) is 34.8 Å². The molecule has 3 aliphatic heterocycles. The minimum absolute atomic E-state index is 0.0782. The summed E-state index contributed by atoms with van der Waals surface area (Å²) in [5, 5.41) is 21.1. The van der Waals surface area contributed by atoms with Crippen molar-refractivity contribution in [1.29, 1.82) is 0 Å². The molecule has 3 aromatic rings. The highest BCUT2D eigenvalue weighted by Gasteiger charge is 2.47. The summed E-state index contributed by atoms with van der Waals surface area (Å²) in [5.41, 5.74) is 3.76. The molecule has 46 heavy (non-hydrogen) atoms. The van der Waals surface area contributed by atoms with Crippen LogP contribution in [0.15, 0.2) is 23.8 Å². The number of rotatable bonds is 7. The molecule has 3 atom stereocenters. The van der Waals surface area contributed by atoms with Crippen molar-refractivity contribution in [3.8, 4) is 28.9 Å². The number of aliphatic hydroxyl groups is 1. The minimum Gasteiger partial charge on any atom is -0.508 e. The number of hydrogen-bond donors (Lipinski definition) is 2. The molecule has 0 saturated carbocycles. The van der Waals surface area contributed by atoms with Gasteiger partial charge in [0.25, 0.3) is 0 Å². The first-order valence-electron chi connectivity index (χ1n) is 16.7. The Morgan fingerprint density at radius 3 is 2.85 bits per heavy atom. The molecule has 2 N–H and O–H groups in total. The summed E-state index contributed by atoms with van der Waals surface area (Å²) in [6.07, 6.45) is 7.87. The van der Waals surface area contributed by atoms with Gasteiger partial charge in [-0.1, -0.05) is 18.6 Å². The fourth-order valence-corrected chi connectivity index (χ4v) is 8.14. The minimum atomic E-state index is -0.593. The lowest BCUT2D eigenvalue weighted by atomic mass is 9.80. The first-order chi connectivity index (χ1) is 22.3. The second-order valence-electron chi connectivity index (χ2n) is 13.4. The van der Waals surface area contributed by atoms with Crippen LogP contribution in [0.4, 0.5) is 10.2 Å². The molecule has 246 valence electrons. The second kappa shape index (κ2) is 12.6. The molecule has 0 bridgehead atoms. The predicted molar refractivity (Wildman–Crippen MR) is 173 cm³/mol. The van der Waals surface area contributed by atoms with Gasteiger partial charge in [-0.2, -0.15) is 9.97 Å². The fourth-order valence-electron chi connectivity index (χ4n) is 8.14. The fraction of sp³-hybridized carbons (Fsp3) is 0.571. The molecule has 1 aromatic carbocycles. The van der Waals surface area contributed by atoms with Crippen molar-refractivity contribution in [1.82, 2.24) is 19.9 Å². The summed E-state index contributed by atoms with van der Waals surface area (Å²) < 4.78 is 35.0. The topological polar surface area (TPSA) is 113 Å². The zero-order valence-corrected chi connectivity index (χ0v) is 27.0. The van der Waals surface area contributed by atoms with Gasteiger partial charge in [0.2, 0.25) is 5.88 Å². The molecule has 10 nitrogen and oxygen atoms in total. The Morgan fingerprint density at radius 2 is 2.02 bits per heavy atom. The highest BCUT2D eigenvalue weighted by atomic mass is 19.1. The first-order valence-corrected chi connectivity index (χ1v) is 16.7. The van der Waals surface area contributed by atoms with Crippen LogP contribution in [0.25, 0.3) is 22.2 Å². The molecule has 3 unspecified atom stereocenters. The van der Waals surface area contributed by atoms with Crippen LogP contribution in [-0.4, -0.2) is 94.8 Å². The van der Waals surface area contributed by atoms with E-state index in [9.17, 15) is 10.2 Å². The summed E-state index contributed by atoms with van der Waals surface area (Å²) >= 11 is 0. The number of ether oxygens (including phenoxy) is 3. The molecule has 3 fully saturated rings. The van der Waals surface area contributed by atoms with Crippen molar-refractivity contribution in [3.63, 3.8) is 0 Å². The number of aromatic nitrogens is 3. The van der Waals surface area contributed by atoms with Gasteiger partial charge in [0.05, 0.1) is 25.4 Å². The van der Waals surface area contributed by atoms with Crippen molar-refractivity contribution in [2.75, 3.05) is 58.0 Å². The van der Waals surface area contributed by atoms with Gasteiger partial charge < -0.3 is 29.3 Å². The van der Waals surface area contributed by atoms with Crippen molar-refractivity contribution in [3.05, 3.63) is 40.7 Å². The van der Waals surface area contributed by atoms with Crippen LogP contribution in [0.3, 0.4) is 0 Å². The van der Waals surface area contributed by atoms with Crippen LogP contribution in [0.5, 0.6) is 17.6 Å². The van der Waals surface area contributed by atoms with E-state index in [2.05, 4.69) is 16.7 Å². The normalized spacial score (nSPS) is 25.0. The Kier molecular flexibility index (Phi) is 8.50. The lowest BCUT2D eigenvalue weighted by molar-refractivity contribution is 0.108. The molecule has 7 rings (SSSR count). The maximum absolute atomic E-state index is 17.0. The lowest BCUT2D eigenvalue weighted by Gasteiger charge is -2.31. The van der Waals surface area contributed by atoms with E-state index in [-0.39, 0.29) is 40.3 Å². The number of pyridine rings is 1. The largest absolute Gasteiger partial charge is 0.508 e. The third-order valence-electron chi connectivity index (χ3n) is 10.1. The number of nitrogens with zero attached hydrogens (tertiary/aromatic N) is 5. The molecule has 1 aliphatic carbocycles. The highest BCUT2D eigenvalue weighted by molar-refractivity contribution is 5.97. The van der Waals surface area contributed by atoms with Crippen LogP contribution in [0, 0.1) is 5.82 Å². The van der Waals surface area contributed by atoms with Crippen LogP contribution >= 0.6 is 0 Å². The van der Waals surface area contributed by atoms with E-state index in [1.807, 2.05) is 6.08 Å². The van der Waals surface area contributed by atoms with E-state index < -0.39 is 11.9 Å². The number of aryl methyl sites for hydroxylation is 1. The highest BCUT2D eigenvalue weighted by Crippen LogP contribution is 2.45. The van der Waals surface area contributed by atoms with Crippen molar-refractivity contribution in [2.45, 2.75) is 76.4 Å². The molecule has 4 aliphatic rings. The molecule has 0 spiro atoms. The number of aliphatic hydroxyl groups excluding tert-OH is 1. The Hall–Kier alpha value is -3.54. The number of benzene rings is 1. The predicted octanol–water partition coefficient (Wildman–Crippen LogP) is 5.14. The monoisotopic (exact) mass is 633 g/mol. The molecule has 2 aromatic heterocycles. The average molecular weight is 634 g/mol. The van der Waals surface area contributed by atoms with Gasteiger partial charge in [0.15, 0.2) is 5.82 Å². The smallest absolute Gasteiger partial charge is 0.319 e. The van der Waals surface area contributed by atoms with Crippen LogP contribution in [0.2, 0.25) is 0 Å². The summed E-state index contributed by atoms with van der Waals surface area (Å²) in [6, 6.07) is 3.50. The second-order valence-corrected chi connectivity index (χ2v) is 13.4. The number of phenolic OH excluding ortho intramolecular Hbond substituents is 1. The number of fused-ring (bicyclic) bond motifs is 3. The van der Waals surface area contributed by atoms with E-state index in [4.69, 9.17) is 29.2 Å². The van der Waals surface area contributed by atoms with Crippen molar-refractivity contribution >= 4 is 16.7 Å². The molecule has 5 heterocycles. The van der Waals surface area contributed by atoms with Crippen LogP contribution < -0.4 is 14.4 Å². The molecule has 11 heteroatoms. The molecule has 0 radical (unpaired) electrons. The maximum Gasteiger partial charge on any atom is 0.319 e. The van der Waals surface area contributed by atoms with Gasteiger partial charge in [-0.25, -0.2) is 9.37 Å². The van der Waals surface area contributed by atoms with E-state index in [0.717, 1.165) is 69.2 Å². The first kappa shape index (κ1) is 31.1. The molecular formula is C35H44FN5O5. The Balaban J connectivity index is 1.36. The number of halogens is 1. The summed E-state index contributed by atoms with van der Waals surface area (Å²) in [4.78, 5) is 18.9. The number of hydrogen-bond acceptors (Lipinski definition) is 10. The Labute approximate surface area is 269 Å². The average Bonchev–Trinajstić information content (AvgIpc) is 3.42. The van der Waals surface area contributed by atoms with E-state index in [1.165, 1.54) is 12.7 Å². The quantitative estimate of drug-likeness (QED) is 0.340. The van der Waals surface area contributed by atoms with Crippen LogP contribution in [-0.2, 0) is 11.2 Å². The van der Waals surface area contributed by atoms with Gasteiger partial charge in [-0.3, -0.25) is 4.90 Å². The third-order valence-corrected chi connectivity index (χ3v) is 10.1. The Morgan fingerprint density at radius 1 is 1.15 bits per heavy atom. The van der Waals surface area contributed by atoms with Crippen molar-refractivity contribution < 1.29 is 28.8 Å². The number of methoxy groups -OCH3 is 1. The van der Waals surface area contributed by atoms with Crippen molar-refractivity contribution in [2.24, 2.45) is 0 Å². The van der Waals surface area contributed by atoms with E-state index in [1.54, 1.807) is 19.1 Å². The Bertz CT molecular complexity index is 1660. The summed E-state index contributed by atoms with van der Waals surface area (Å²) in [6.45, 7) is 8.43. The van der Waals surface area contributed by atoms with E-state index >= 15 is 4.39 Å². The zero-order valence-electron chi connectivity index (χ0n) is 27.0. The SMILES string of the molecule is COc1nc(-c2cc(O)cc3c2C(C)CCC3)c(F)c2nc(OCC34CCCN3C/C(=C\C(C)O)C4)nc(N3CCCOCC3)c12. The lowest BCUT2D eigenvalue weighted by Crippen LogP contribution is -2.43. The third kappa shape index (κ3) is 5.66. The van der Waals surface area contributed by atoms with Gasteiger partial charge in [-0.15, -0.1) is 0 Å².